The topological polar surface area (TPSA) is 75.7 Å². The van der Waals surface area contributed by atoms with Crippen LogP contribution < -0.4 is 5.32 Å². The highest BCUT2D eigenvalue weighted by molar-refractivity contribution is 5.91. The van der Waals surface area contributed by atoms with Gasteiger partial charge in [0.05, 0.1) is 12.6 Å². The van der Waals surface area contributed by atoms with Gasteiger partial charge >= 0.3 is 5.97 Å². The third kappa shape index (κ3) is 8.25. The molecule has 0 saturated heterocycles. The standard InChI is InChI=1S/C26H48N2O4/c1-11-15-26(13-3,16-12-2)25(31)27-22(19(7)8)23(29)28(10)21(18(5)6)17-20(9)24(30)32-14-4/h17-19,21-22H,11-16H2,1-10H3,(H,27,31)/b20-17+/t21-,22+/m1/s1. The Morgan fingerprint density at radius 1 is 0.969 bits per heavy atom. The van der Waals surface area contributed by atoms with Crippen LogP contribution in [0.15, 0.2) is 11.6 Å². The number of amides is 2. The zero-order valence-corrected chi connectivity index (χ0v) is 22.2. The summed E-state index contributed by atoms with van der Waals surface area (Å²) in [6, 6.07) is -0.906. The molecule has 0 aliphatic rings. The Hall–Kier alpha value is -1.85. The molecule has 0 bridgehead atoms. The molecule has 0 fully saturated rings. The Kier molecular flexibility index (Phi) is 13.5. The van der Waals surface area contributed by atoms with Crippen molar-refractivity contribution in [2.24, 2.45) is 17.3 Å². The summed E-state index contributed by atoms with van der Waals surface area (Å²) in [6.45, 7) is 18.0. The molecule has 1 N–H and O–H groups in total. The van der Waals surface area contributed by atoms with E-state index in [9.17, 15) is 14.4 Å². The smallest absolute Gasteiger partial charge is 0.333 e. The minimum Gasteiger partial charge on any atom is -0.463 e. The van der Waals surface area contributed by atoms with Gasteiger partial charge in [-0.15, -0.1) is 0 Å². The Bertz CT molecular complexity index is 634. The van der Waals surface area contributed by atoms with E-state index in [2.05, 4.69) is 26.1 Å². The molecule has 2 amide bonds. The zero-order valence-electron chi connectivity index (χ0n) is 22.2. The van der Waals surface area contributed by atoms with Crippen LogP contribution >= 0.6 is 0 Å². The zero-order chi connectivity index (χ0) is 25.1. The number of rotatable bonds is 14. The van der Waals surface area contributed by atoms with Gasteiger partial charge in [-0.05, 0) is 44.9 Å². The Morgan fingerprint density at radius 3 is 1.88 bits per heavy atom. The SMILES string of the molecule is CCCC(CC)(CCC)C(=O)N[C@H](C(=O)N(C)[C@H](/C=C(\C)C(=O)OCC)C(C)C)C(C)C. The predicted molar refractivity (Wildman–Crippen MR) is 131 cm³/mol. The summed E-state index contributed by atoms with van der Waals surface area (Å²) in [6.07, 6.45) is 6.03. The van der Waals surface area contributed by atoms with Crippen molar-refractivity contribution in [3.8, 4) is 0 Å². The van der Waals surface area contributed by atoms with Gasteiger partial charge in [0.1, 0.15) is 6.04 Å². The normalized spacial score (nSPS) is 14.3. The first-order chi connectivity index (χ1) is 14.9. The Morgan fingerprint density at radius 2 is 1.50 bits per heavy atom. The van der Waals surface area contributed by atoms with E-state index in [1.165, 1.54) is 0 Å². The molecule has 0 aromatic rings. The molecular weight excluding hydrogens is 404 g/mol. The molecule has 0 saturated carbocycles. The van der Waals surface area contributed by atoms with Gasteiger partial charge in [-0.2, -0.15) is 0 Å². The summed E-state index contributed by atoms with van der Waals surface area (Å²) >= 11 is 0. The summed E-state index contributed by atoms with van der Waals surface area (Å²) in [5.74, 6) is -0.512. The molecule has 0 aromatic heterocycles. The average molecular weight is 453 g/mol. The lowest BCUT2D eigenvalue weighted by atomic mass is 9.75. The van der Waals surface area contributed by atoms with E-state index in [1.807, 2.05) is 27.7 Å². The first-order valence-corrected chi connectivity index (χ1v) is 12.3. The Labute approximate surface area is 196 Å². The second-order valence-electron chi connectivity index (χ2n) is 9.58. The quantitative estimate of drug-likeness (QED) is 0.293. The molecular formula is C26H48N2O4. The molecule has 0 aromatic carbocycles. The number of carbonyl (C=O) groups is 3. The maximum atomic E-state index is 13.5. The second kappa shape index (κ2) is 14.3. The van der Waals surface area contributed by atoms with Gasteiger partial charge < -0.3 is 15.0 Å². The fourth-order valence-corrected chi connectivity index (χ4v) is 4.32. The number of nitrogens with one attached hydrogen (secondary N) is 1. The number of hydrogen-bond donors (Lipinski definition) is 1. The largest absolute Gasteiger partial charge is 0.463 e. The van der Waals surface area contributed by atoms with Crippen LogP contribution in [0, 0.1) is 17.3 Å². The summed E-state index contributed by atoms with van der Waals surface area (Å²) in [4.78, 5) is 40.7. The van der Waals surface area contributed by atoms with Gasteiger partial charge in [-0.3, -0.25) is 9.59 Å². The highest BCUT2D eigenvalue weighted by Crippen LogP contribution is 2.34. The van der Waals surface area contributed by atoms with Crippen LogP contribution in [-0.4, -0.2) is 48.4 Å². The van der Waals surface area contributed by atoms with Crippen molar-refractivity contribution in [3.05, 3.63) is 11.6 Å². The molecule has 0 aliphatic carbocycles. The van der Waals surface area contributed by atoms with Crippen LogP contribution in [0.2, 0.25) is 0 Å². The maximum absolute atomic E-state index is 13.5. The molecule has 0 radical (unpaired) electrons. The molecule has 6 heteroatoms. The molecule has 0 spiro atoms. The Balaban J connectivity index is 5.85. The van der Waals surface area contributed by atoms with Crippen LogP contribution in [0.1, 0.15) is 94.4 Å². The van der Waals surface area contributed by atoms with Gasteiger partial charge in [0.25, 0.3) is 0 Å². The molecule has 0 rings (SSSR count). The number of carbonyl (C=O) groups excluding carboxylic acids is 3. The molecule has 2 atom stereocenters. The lowest BCUT2D eigenvalue weighted by Crippen LogP contribution is -2.56. The minimum absolute atomic E-state index is 0.0245. The molecule has 32 heavy (non-hydrogen) atoms. The number of esters is 1. The van der Waals surface area contributed by atoms with E-state index >= 15 is 0 Å². The van der Waals surface area contributed by atoms with Crippen molar-refractivity contribution in [2.45, 2.75) is 107 Å². The van der Waals surface area contributed by atoms with Crippen LogP contribution in [0.5, 0.6) is 0 Å². The fraction of sp³-hybridized carbons (Fsp3) is 0.808. The lowest BCUT2D eigenvalue weighted by molar-refractivity contribution is -0.142. The van der Waals surface area contributed by atoms with Crippen molar-refractivity contribution in [1.29, 1.82) is 0 Å². The molecule has 186 valence electrons. The van der Waals surface area contributed by atoms with Gasteiger partial charge in [0, 0.05) is 18.0 Å². The predicted octanol–water partition coefficient (Wildman–Crippen LogP) is 5.12. The summed E-state index contributed by atoms with van der Waals surface area (Å²) < 4.78 is 5.09. The van der Waals surface area contributed by atoms with Crippen LogP contribution in [0.3, 0.4) is 0 Å². The van der Waals surface area contributed by atoms with Crippen molar-refractivity contribution >= 4 is 17.8 Å². The number of nitrogens with zero attached hydrogens (tertiary/aromatic N) is 1. The molecule has 6 nitrogen and oxygen atoms in total. The van der Waals surface area contributed by atoms with Gasteiger partial charge in [0.15, 0.2) is 0 Å². The van der Waals surface area contributed by atoms with E-state index in [0.717, 1.165) is 32.1 Å². The minimum atomic E-state index is -0.621. The molecule has 0 aliphatic heterocycles. The maximum Gasteiger partial charge on any atom is 0.333 e. The third-order valence-electron chi connectivity index (χ3n) is 6.33. The van der Waals surface area contributed by atoms with Crippen LogP contribution in [-0.2, 0) is 19.1 Å². The first-order valence-electron chi connectivity index (χ1n) is 12.3. The summed E-state index contributed by atoms with van der Waals surface area (Å²) in [7, 11) is 1.74. The lowest BCUT2D eigenvalue weighted by Gasteiger charge is -2.37. The monoisotopic (exact) mass is 452 g/mol. The first kappa shape index (κ1) is 30.1. The summed E-state index contributed by atoms with van der Waals surface area (Å²) in [5, 5.41) is 3.11. The van der Waals surface area contributed by atoms with Gasteiger partial charge in [0.2, 0.25) is 11.8 Å². The van der Waals surface area contributed by atoms with Gasteiger partial charge in [-0.1, -0.05) is 67.4 Å². The van der Waals surface area contributed by atoms with E-state index in [4.69, 9.17) is 4.74 Å². The number of likely N-dealkylation sites (N-methyl/N-ethyl adjacent to an activating group) is 1. The summed E-state index contributed by atoms with van der Waals surface area (Å²) in [5.41, 5.74) is 0.0408. The highest BCUT2D eigenvalue weighted by Gasteiger charge is 2.39. The van der Waals surface area contributed by atoms with Gasteiger partial charge in [-0.25, -0.2) is 4.79 Å². The van der Waals surface area contributed by atoms with E-state index in [1.54, 1.807) is 31.9 Å². The highest BCUT2D eigenvalue weighted by atomic mass is 16.5. The fourth-order valence-electron chi connectivity index (χ4n) is 4.32. The average Bonchev–Trinajstić information content (AvgIpc) is 2.73. The third-order valence-corrected chi connectivity index (χ3v) is 6.33. The van der Waals surface area contributed by atoms with Crippen LogP contribution in [0.25, 0.3) is 0 Å². The molecule has 0 heterocycles. The van der Waals surface area contributed by atoms with Crippen molar-refractivity contribution < 1.29 is 19.1 Å². The molecule has 0 unspecified atom stereocenters. The number of hydrogen-bond acceptors (Lipinski definition) is 4. The van der Waals surface area contributed by atoms with E-state index in [0.29, 0.717) is 12.2 Å². The van der Waals surface area contributed by atoms with Crippen molar-refractivity contribution in [2.75, 3.05) is 13.7 Å². The van der Waals surface area contributed by atoms with E-state index < -0.39 is 11.5 Å². The van der Waals surface area contributed by atoms with Crippen LogP contribution in [0.4, 0.5) is 0 Å². The van der Waals surface area contributed by atoms with Crippen molar-refractivity contribution in [1.82, 2.24) is 10.2 Å². The second-order valence-corrected chi connectivity index (χ2v) is 9.58. The van der Waals surface area contributed by atoms with E-state index in [-0.39, 0.29) is 35.7 Å². The number of ether oxygens (including phenoxy) is 1. The van der Waals surface area contributed by atoms with Crippen molar-refractivity contribution in [3.63, 3.8) is 0 Å².